The minimum Gasteiger partial charge on any atom is -0.489 e. The van der Waals surface area contributed by atoms with Gasteiger partial charge in [0.1, 0.15) is 24.5 Å². The van der Waals surface area contributed by atoms with Gasteiger partial charge in [0.15, 0.2) is 5.96 Å². The van der Waals surface area contributed by atoms with E-state index < -0.39 is 0 Å². The molecule has 0 radical (unpaired) electrons. The van der Waals surface area contributed by atoms with Gasteiger partial charge in [-0.05, 0) is 30.2 Å². The molecule has 0 amide bonds. The molecule has 0 aliphatic carbocycles. The molecule has 0 aliphatic rings. The smallest absolute Gasteiger partial charge is 0.191 e. The maximum atomic E-state index is 5.90. The zero-order valence-corrected chi connectivity index (χ0v) is 16.3. The monoisotopic (exact) mass is 378 g/mol. The molecule has 0 saturated carbocycles. The van der Waals surface area contributed by atoms with Crippen LogP contribution in [0.25, 0.3) is 0 Å². The summed E-state index contributed by atoms with van der Waals surface area (Å²) in [5, 5.41) is 10.6. The lowest BCUT2D eigenvalue weighted by atomic mass is 10.2. The molecule has 1 heterocycles. The van der Waals surface area contributed by atoms with E-state index in [0.29, 0.717) is 19.7 Å². The van der Waals surface area contributed by atoms with Crippen LogP contribution in [0.2, 0.25) is 0 Å². The Labute approximate surface area is 165 Å². The lowest BCUT2D eigenvalue weighted by Gasteiger charge is -2.11. The van der Waals surface area contributed by atoms with Crippen LogP contribution in [-0.2, 0) is 26.7 Å². The van der Waals surface area contributed by atoms with Crippen molar-refractivity contribution in [2.75, 3.05) is 6.54 Å². The summed E-state index contributed by atoms with van der Waals surface area (Å²) in [5.74, 6) is 2.43. The molecule has 28 heavy (non-hydrogen) atoms. The molecule has 2 N–H and O–H groups in total. The summed E-state index contributed by atoms with van der Waals surface area (Å²) >= 11 is 0. The van der Waals surface area contributed by atoms with Crippen LogP contribution in [0.4, 0.5) is 0 Å². The topological polar surface area (TPSA) is 76.4 Å². The predicted octanol–water partition coefficient (Wildman–Crippen LogP) is 2.65. The number of aryl methyl sites for hydroxylation is 1. The van der Waals surface area contributed by atoms with Crippen LogP contribution in [0, 0.1) is 0 Å². The van der Waals surface area contributed by atoms with E-state index in [0.717, 1.165) is 35.2 Å². The van der Waals surface area contributed by atoms with E-state index in [1.807, 2.05) is 56.4 Å². The third-order valence-electron chi connectivity index (χ3n) is 4.13. The van der Waals surface area contributed by atoms with Crippen LogP contribution < -0.4 is 15.4 Å². The molecular formula is C21H26N6O. The summed E-state index contributed by atoms with van der Waals surface area (Å²) in [6.45, 7) is 4.48. The quantitative estimate of drug-likeness (QED) is 0.466. The van der Waals surface area contributed by atoms with Gasteiger partial charge in [0.25, 0.3) is 0 Å². The van der Waals surface area contributed by atoms with Gasteiger partial charge < -0.3 is 15.4 Å². The number of nitrogens with one attached hydrogen (secondary N) is 2. The second kappa shape index (κ2) is 10.1. The number of nitrogens with zero attached hydrogens (tertiary/aromatic N) is 4. The fraction of sp³-hybridized carbons (Fsp3) is 0.286. The summed E-state index contributed by atoms with van der Waals surface area (Å²) in [7, 11) is 1.87. The van der Waals surface area contributed by atoms with Gasteiger partial charge in [-0.25, -0.2) is 9.98 Å². The van der Waals surface area contributed by atoms with E-state index in [9.17, 15) is 0 Å². The number of aromatic nitrogens is 3. The first kappa shape index (κ1) is 19.4. The van der Waals surface area contributed by atoms with E-state index in [-0.39, 0.29) is 0 Å². The molecule has 0 saturated heterocycles. The van der Waals surface area contributed by atoms with Crippen LogP contribution in [-0.4, -0.2) is 27.3 Å². The Morgan fingerprint density at radius 3 is 2.64 bits per heavy atom. The number of hydrogen-bond acceptors (Lipinski definition) is 4. The summed E-state index contributed by atoms with van der Waals surface area (Å²) in [6, 6.07) is 18.2. The highest BCUT2D eigenvalue weighted by Gasteiger charge is 2.03. The number of aliphatic imine (C=N–C) groups is 1. The van der Waals surface area contributed by atoms with Crippen molar-refractivity contribution < 1.29 is 4.74 Å². The Balaban J connectivity index is 1.58. The molecule has 0 atom stereocenters. The minimum atomic E-state index is 0.551. The maximum absolute atomic E-state index is 5.90. The molecule has 146 valence electrons. The summed E-state index contributed by atoms with van der Waals surface area (Å²) in [4.78, 5) is 8.87. The predicted molar refractivity (Wildman–Crippen MR) is 110 cm³/mol. The minimum absolute atomic E-state index is 0.551. The Morgan fingerprint density at radius 2 is 1.89 bits per heavy atom. The van der Waals surface area contributed by atoms with Gasteiger partial charge in [-0.2, -0.15) is 5.10 Å². The average Bonchev–Trinajstić information content (AvgIpc) is 3.14. The van der Waals surface area contributed by atoms with Gasteiger partial charge in [0, 0.05) is 13.6 Å². The molecular weight excluding hydrogens is 352 g/mol. The molecule has 0 fully saturated rings. The largest absolute Gasteiger partial charge is 0.489 e. The van der Waals surface area contributed by atoms with Gasteiger partial charge in [-0.1, -0.05) is 42.5 Å². The van der Waals surface area contributed by atoms with Gasteiger partial charge in [0.05, 0.1) is 13.1 Å². The van der Waals surface area contributed by atoms with E-state index in [4.69, 9.17) is 4.74 Å². The van der Waals surface area contributed by atoms with E-state index in [2.05, 4.69) is 37.8 Å². The lowest BCUT2D eigenvalue weighted by molar-refractivity contribution is 0.306. The van der Waals surface area contributed by atoms with Crippen molar-refractivity contribution in [2.45, 2.75) is 26.6 Å². The standard InChI is InChI=1S/C21H26N6O/c1-3-22-21(24-14-20-25-16-26-27(20)2)23-13-18-10-7-11-19(12-18)28-15-17-8-5-4-6-9-17/h4-12,16H,3,13-15H2,1-2H3,(H2,22,23,24). The third kappa shape index (κ3) is 5.84. The van der Waals surface area contributed by atoms with Crippen molar-refractivity contribution >= 4 is 5.96 Å². The summed E-state index contributed by atoms with van der Waals surface area (Å²) in [6.07, 6.45) is 1.54. The van der Waals surface area contributed by atoms with E-state index in [1.165, 1.54) is 0 Å². The third-order valence-corrected chi connectivity index (χ3v) is 4.13. The highest BCUT2D eigenvalue weighted by molar-refractivity contribution is 5.79. The van der Waals surface area contributed by atoms with Crippen LogP contribution >= 0.6 is 0 Å². The van der Waals surface area contributed by atoms with Crippen LogP contribution in [0.15, 0.2) is 65.9 Å². The molecule has 1 aromatic heterocycles. The second-order valence-electron chi connectivity index (χ2n) is 6.27. The van der Waals surface area contributed by atoms with Crippen LogP contribution in [0.3, 0.4) is 0 Å². The molecule has 3 aromatic rings. The first-order valence-electron chi connectivity index (χ1n) is 9.35. The number of guanidine groups is 1. The van der Waals surface area contributed by atoms with Gasteiger partial charge in [-0.15, -0.1) is 0 Å². The molecule has 3 rings (SSSR count). The molecule has 0 unspecified atom stereocenters. The Morgan fingerprint density at radius 1 is 1.07 bits per heavy atom. The van der Waals surface area contributed by atoms with Crippen molar-refractivity contribution in [2.24, 2.45) is 12.0 Å². The van der Waals surface area contributed by atoms with Gasteiger partial charge in [-0.3, -0.25) is 4.68 Å². The molecule has 7 heteroatoms. The summed E-state index contributed by atoms with van der Waals surface area (Å²) < 4.78 is 7.64. The average molecular weight is 378 g/mol. The van der Waals surface area contributed by atoms with Crippen molar-refractivity contribution in [3.05, 3.63) is 77.9 Å². The second-order valence-corrected chi connectivity index (χ2v) is 6.27. The highest BCUT2D eigenvalue weighted by Crippen LogP contribution is 2.16. The normalized spacial score (nSPS) is 11.3. The zero-order chi connectivity index (χ0) is 19.6. The van der Waals surface area contributed by atoms with Crippen molar-refractivity contribution in [3.8, 4) is 5.75 Å². The number of rotatable bonds is 8. The van der Waals surface area contributed by atoms with Crippen LogP contribution in [0.1, 0.15) is 23.9 Å². The SMILES string of the molecule is CCNC(=NCc1cccc(OCc2ccccc2)c1)NCc1ncnn1C. The fourth-order valence-electron chi connectivity index (χ4n) is 2.63. The Bertz CT molecular complexity index is 891. The van der Waals surface area contributed by atoms with E-state index >= 15 is 0 Å². The molecule has 0 aliphatic heterocycles. The maximum Gasteiger partial charge on any atom is 0.191 e. The van der Waals surface area contributed by atoms with Crippen molar-refractivity contribution in [1.29, 1.82) is 0 Å². The van der Waals surface area contributed by atoms with Crippen LogP contribution in [0.5, 0.6) is 5.75 Å². The van der Waals surface area contributed by atoms with E-state index in [1.54, 1.807) is 11.0 Å². The lowest BCUT2D eigenvalue weighted by Crippen LogP contribution is -2.37. The number of ether oxygens (including phenoxy) is 1. The van der Waals surface area contributed by atoms with Crippen molar-refractivity contribution in [1.82, 2.24) is 25.4 Å². The molecule has 0 bridgehead atoms. The van der Waals surface area contributed by atoms with Crippen molar-refractivity contribution in [3.63, 3.8) is 0 Å². The van der Waals surface area contributed by atoms with Gasteiger partial charge in [0.2, 0.25) is 0 Å². The highest BCUT2D eigenvalue weighted by atomic mass is 16.5. The molecule has 0 spiro atoms. The summed E-state index contributed by atoms with van der Waals surface area (Å²) in [5.41, 5.74) is 2.23. The first-order chi connectivity index (χ1) is 13.7. The zero-order valence-electron chi connectivity index (χ0n) is 16.3. The fourth-order valence-corrected chi connectivity index (χ4v) is 2.63. The number of hydrogen-bond donors (Lipinski definition) is 2. The molecule has 7 nitrogen and oxygen atoms in total. The Kier molecular flexibility index (Phi) is 7.01. The van der Waals surface area contributed by atoms with Gasteiger partial charge >= 0.3 is 0 Å². The number of benzene rings is 2. The first-order valence-corrected chi connectivity index (χ1v) is 9.35. The Hall–Kier alpha value is -3.35. The molecule has 2 aromatic carbocycles.